The van der Waals surface area contributed by atoms with E-state index in [4.69, 9.17) is 0 Å². The number of benzene rings is 1. The van der Waals surface area contributed by atoms with Crippen LogP contribution in [0.15, 0.2) is 48.8 Å². The lowest BCUT2D eigenvalue weighted by molar-refractivity contribution is -0.129. The van der Waals surface area contributed by atoms with Crippen LogP contribution in [0, 0.1) is 0 Å². The topological polar surface area (TPSA) is 103 Å². The molecule has 0 spiro atoms. The number of hydrogen-bond acceptors (Lipinski definition) is 4. The smallest absolute Gasteiger partial charge is 0.408 e. The molecule has 1 aromatic heterocycles. The van der Waals surface area contributed by atoms with Crippen LogP contribution >= 0.6 is 0 Å². The Bertz CT molecular complexity index is 1120. The first-order valence-electron chi connectivity index (χ1n) is 13.7. The number of nitrogens with one attached hydrogen (secondary N) is 1. The van der Waals surface area contributed by atoms with E-state index < -0.39 is 24.1 Å². The van der Waals surface area contributed by atoms with Gasteiger partial charge in [0.05, 0.1) is 0 Å². The van der Waals surface area contributed by atoms with E-state index in [1.54, 1.807) is 24.5 Å². The number of aromatic nitrogens is 1. The van der Waals surface area contributed by atoms with Gasteiger partial charge in [-0.1, -0.05) is 58.2 Å². The summed E-state index contributed by atoms with van der Waals surface area (Å²) in [4.78, 5) is 47.4. The molecule has 1 aliphatic carbocycles. The van der Waals surface area contributed by atoms with Crippen LogP contribution < -0.4 is 10.2 Å². The number of nitrogens with zero attached hydrogens (tertiary/aromatic N) is 3. The van der Waals surface area contributed by atoms with Gasteiger partial charge in [-0.3, -0.25) is 24.4 Å². The molecule has 4 rings (SSSR count). The molecule has 2 fully saturated rings. The summed E-state index contributed by atoms with van der Waals surface area (Å²) in [6.45, 7) is 8.17. The number of carbonyl (C=O) groups excluding carboxylic acids is 2. The van der Waals surface area contributed by atoms with Crippen molar-refractivity contribution in [1.82, 2.24) is 15.2 Å². The molecule has 0 radical (unpaired) electrons. The molecular weight excluding hydrogens is 480 g/mol. The normalized spacial score (nSPS) is 21.1. The minimum Gasteiger partial charge on any atom is -0.465 e. The van der Waals surface area contributed by atoms with E-state index in [0.29, 0.717) is 24.1 Å². The van der Waals surface area contributed by atoms with Crippen molar-refractivity contribution in [2.45, 2.75) is 102 Å². The molecule has 3 atom stereocenters. The Balaban J connectivity index is 1.79. The molecule has 3 amide bonds. The number of pyridine rings is 1. The van der Waals surface area contributed by atoms with Gasteiger partial charge in [-0.25, -0.2) is 4.79 Å². The van der Waals surface area contributed by atoms with E-state index >= 15 is 0 Å². The summed E-state index contributed by atoms with van der Waals surface area (Å²) in [5, 5.41) is 13.1. The summed E-state index contributed by atoms with van der Waals surface area (Å²) in [6.07, 6.45) is 8.22. The molecule has 2 aromatic rings. The van der Waals surface area contributed by atoms with Crippen LogP contribution in [0.3, 0.4) is 0 Å². The van der Waals surface area contributed by atoms with E-state index in [9.17, 15) is 19.5 Å². The lowest BCUT2D eigenvalue weighted by atomic mass is 9.87. The second-order valence-corrected chi connectivity index (χ2v) is 11.7. The van der Waals surface area contributed by atoms with E-state index in [0.717, 1.165) is 37.7 Å². The first-order valence-corrected chi connectivity index (χ1v) is 13.7. The van der Waals surface area contributed by atoms with Crippen LogP contribution in [-0.4, -0.2) is 51.0 Å². The maximum Gasteiger partial charge on any atom is 0.408 e. The SMILES string of the molecule is C[C@H]1CC[C@H](C(=O)N(c2ccc(C(C)(C)C)cc2)C(C(=O)NC2CCCCC2)c2cccnc2)N1C(=O)O. The van der Waals surface area contributed by atoms with Gasteiger partial charge in [0.15, 0.2) is 0 Å². The minimum atomic E-state index is -1.12. The highest BCUT2D eigenvalue weighted by Gasteiger charge is 2.44. The molecule has 2 aliphatic rings. The van der Waals surface area contributed by atoms with Crippen molar-refractivity contribution in [3.63, 3.8) is 0 Å². The number of carboxylic acid groups (broad SMARTS) is 1. The van der Waals surface area contributed by atoms with Crippen LogP contribution in [0.2, 0.25) is 0 Å². The third-order valence-electron chi connectivity index (χ3n) is 7.88. The number of amides is 3. The molecule has 2 N–H and O–H groups in total. The van der Waals surface area contributed by atoms with E-state index in [2.05, 4.69) is 31.1 Å². The van der Waals surface area contributed by atoms with Gasteiger partial charge in [0.1, 0.15) is 12.1 Å². The fraction of sp³-hybridized carbons (Fsp3) is 0.533. The predicted molar refractivity (Wildman–Crippen MR) is 147 cm³/mol. The molecule has 0 bridgehead atoms. The highest BCUT2D eigenvalue weighted by Crippen LogP contribution is 2.35. The average Bonchev–Trinajstić information content (AvgIpc) is 3.29. The number of rotatable bonds is 6. The van der Waals surface area contributed by atoms with E-state index in [1.807, 2.05) is 31.2 Å². The van der Waals surface area contributed by atoms with Gasteiger partial charge in [-0.15, -0.1) is 0 Å². The van der Waals surface area contributed by atoms with E-state index in [1.165, 1.54) is 9.80 Å². The van der Waals surface area contributed by atoms with Gasteiger partial charge in [0, 0.05) is 35.7 Å². The van der Waals surface area contributed by atoms with Gasteiger partial charge in [0.25, 0.3) is 5.91 Å². The van der Waals surface area contributed by atoms with Crippen molar-refractivity contribution in [2.24, 2.45) is 0 Å². The van der Waals surface area contributed by atoms with Gasteiger partial charge in [-0.05, 0) is 61.8 Å². The lowest BCUT2D eigenvalue weighted by Gasteiger charge is -2.36. The average molecular weight is 521 g/mol. The zero-order valence-electron chi connectivity index (χ0n) is 22.9. The summed E-state index contributed by atoms with van der Waals surface area (Å²) in [5.41, 5.74) is 2.15. The van der Waals surface area contributed by atoms with Crippen LogP contribution in [-0.2, 0) is 15.0 Å². The lowest BCUT2D eigenvalue weighted by Crippen LogP contribution is -2.53. The van der Waals surface area contributed by atoms with Crippen LogP contribution in [0.1, 0.15) is 89.8 Å². The minimum absolute atomic E-state index is 0.0534. The molecule has 8 heteroatoms. The van der Waals surface area contributed by atoms with Crippen molar-refractivity contribution in [2.75, 3.05) is 4.90 Å². The largest absolute Gasteiger partial charge is 0.465 e. The molecular formula is C30H40N4O4. The third-order valence-corrected chi connectivity index (χ3v) is 7.88. The molecule has 204 valence electrons. The zero-order valence-corrected chi connectivity index (χ0v) is 22.9. The Morgan fingerprint density at radius 3 is 2.29 bits per heavy atom. The van der Waals surface area contributed by atoms with Crippen molar-refractivity contribution >= 4 is 23.6 Å². The second kappa shape index (κ2) is 11.5. The molecule has 1 aromatic carbocycles. The quantitative estimate of drug-likeness (QED) is 0.528. The molecule has 1 saturated heterocycles. The monoisotopic (exact) mass is 520 g/mol. The maximum atomic E-state index is 14.3. The first kappa shape index (κ1) is 27.6. The fourth-order valence-electron chi connectivity index (χ4n) is 5.72. The van der Waals surface area contributed by atoms with E-state index in [-0.39, 0.29) is 23.4 Å². The Kier molecular flexibility index (Phi) is 8.38. The fourth-order valence-corrected chi connectivity index (χ4v) is 5.72. The summed E-state index contributed by atoms with van der Waals surface area (Å²) < 4.78 is 0. The summed E-state index contributed by atoms with van der Waals surface area (Å²) in [6, 6.07) is 9.14. The van der Waals surface area contributed by atoms with Gasteiger partial charge in [0.2, 0.25) is 5.91 Å². The standard InChI is InChI=1S/C30H40N4O4/c1-20-12-17-25(33(20)29(37)38)28(36)34(24-15-13-22(14-16-24)30(2,3)4)26(21-9-8-18-31-19-21)27(35)32-23-10-6-5-7-11-23/h8-9,13-16,18-20,23,25-26H,5-7,10-12,17H2,1-4H3,(H,32,35)(H,37,38)/t20-,25+,26?/m0/s1. The molecule has 38 heavy (non-hydrogen) atoms. The van der Waals surface area contributed by atoms with Crippen molar-refractivity contribution in [3.05, 3.63) is 59.9 Å². The van der Waals surface area contributed by atoms with Gasteiger partial charge in [-0.2, -0.15) is 0 Å². The Morgan fingerprint density at radius 1 is 1.03 bits per heavy atom. The van der Waals surface area contributed by atoms with Crippen LogP contribution in [0.5, 0.6) is 0 Å². The predicted octanol–water partition coefficient (Wildman–Crippen LogP) is 5.43. The van der Waals surface area contributed by atoms with Crippen LogP contribution in [0.4, 0.5) is 10.5 Å². The summed E-state index contributed by atoms with van der Waals surface area (Å²) in [7, 11) is 0. The highest BCUT2D eigenvalue weighted by atomic mass is 16.4. The van der Waals surface area contributed by atoms with Crippen molar-refractivity contribution in [1.29, 1.82) is 0 Å². The van der Waals surface area contributed by atoms with Crippen molar-refractivity contribution in [3.8, 4) is 0 Å². The number of hydrogen-bond donors (Lipinski definition) is 2. The van der Waals surface area contributed by atoms with Crippen molar-refractivity contribution < 1.29 is 19.5 Å². The molecule has 8 nitrogen and oxygen atoms in total. The highest BCUT2D eigenvalue weighted by molar-refractivity contribution is 6.04. The molecule has 1 aliphatic heterocycles. The third kappa shape index (κ3) is 6.00. The van der Waals surface area contributed by atoms with Gasteiger partial charge >= 0.3 is 6.09 Å². The second-order valence-electron chi connectivity index (χ2n) is 11.7. The molecule has 2 heterocycles. The summed E-state index contributed by atoms with van der Waals surface area (Å²) in [5.74, 6) is -0.668. The summed E-state index contributed by atoms with van der Waals surface area (Å²) >= 11 is 0. The number of likely N-dealkylation sites (tertiary alicyclic amines) is 1. The first-order chi connectivity index (χ1) is 18.1. The number of carbonyl (C=O) groups is 3. The molecule has 1 unspecified atom stereocenters. The Labute approximate surface area is 225 Å². The zero-order chi connectivity index (χ0) is 27.4. The Morgan fingerprint density at radius 2 is 1.71 bits per heavy atom. The maximum absolute atomic E-state index is 14.3. The number of anilines is 1. The Hall–Kier alpha value is -3.42. The van der Waals surface area contributed by atoms with Gasteiger partial charge < -0.3 is 10.4 Å². The molecule has 1 saturated carbocycles. The van der Waals surface area contributed by atoms with Crippen LogP contribution in [0.25, 0.3) is 0 Å².